The van der Waals surface area contributed by atoms with Crippen LogP contribution in [-0.2, 0) is 32.0 Å². The fraction of sp³-hybridized carbons (Fsp3) is 0.360. The standard InChI is InChI=1S/C25H33N5O5/c1-16(30(3)24(34)20(26)13-18-9-11-19(31)12-10-18)23(33)28-21(14-17-7-5-4-6-8-17)25(35)29(2)15-22(27)32/h4-12,16,20-21,31H,13-15,26H2,1-3H3,(H2,27,32)(H,28,33). The number of aromatic hydroxyl groups is 1. The van der Waals surface area contributed by atoms with Gasteiger partial charge in [0.05, 0.1) is 12.6 Å². The Morgan fingerprint density at radius 3 is 2.06 bits per heavy atom. The molecule has 188 valence electrons. The molecule has 35 heavy (non-hydrogen) atoms. The maximum atomic E-state index is 13.0. The Morgan fingerprint density at radius 2 is 1.49 bits per heavy atom. The van der Waals surface area contributed by atoms with Gasteiger partial charge in [0.15, 0.2) is 0 Å². The van der Waals surface area contributed by atoms with Crippen LogP contribution in [0, 0.1) is 0 Å². The van der Waals surface area contributed by atoms with Crippen molar-refractivity contribution < 1.29 is 24.3 Å². The van der Waals surface area contributed by atoms with Crippen molar-refractivity contribution in [2.24, 2.45) is 11.5 Å². The third-order valence-corrected chi connectivity index (χ3v) is 5.68. The van der Waals surface area contributed by atoms with Gasteiger partial charge in [0.1, 0.15) is 17.8 Å². The van der Waals surface area contributed by atoms with Crippen molar-refractivity contribution in [3.05, 3.63) is 65.7 Å². The fourth-order valence-corrected chi connectivity index (χ4v) is 3.52. The third kappa shape index (κ3) is 8.11. The van der Waals surface area contributed by atoms with Crippen molar-refractivity contribution in [2.75, 3.05) is 20.6 Å². The molecule has 10 heteroatoms. The van der Waals surface area contributed by atoms with Crippen LogP contribution in [0.4, 0.5) is 0 Å². The van der Waals surface area contributed by atoms with Crippen LogP contribution in [0.1, 0.15) is 18.1 Å². The van der Waals surface area contributed by atoms with E-state index in [0.717, 1.165) is 16.0 Å². The first-order chi connectivity index (χ1) is 16.5. The Labute approximate surface area is 204 Å². The predicted molar refractivity (Wildman–Crippen MR) is 131 cm³/mol. The average Bonchev–Trinajstić information content (AvgIpc) is 2.83. The van der Waals surface area contributed by atoms with Crippen LogP contribution in [0.15, 0.2) is 54.6 Å². The number of nitrogens with one attached hydrogen (secondary N) is 1. The lowest BCUT2D eigenvalue weighted by Gasteiger charge is -2.29. The van der Waals surface area contributed by atoms with Gasteiger partial charge in [-0.3, -0.25) is 19.2 Å². The number of carbonyl (C=O) groups excluding carboxylic acids is 4. The van der Waals surface area contributed by atoms with Gasteiger partial charge < -0.3 is 31.7 Å². The molecule has 0 spiro atoms. The van der Waals surface area contributed by atoms with Crippen molar-refractivity contribution >= 4 is 23.6 Å². The van der Waals surface area contributed by atoms with Gasteiger partial charge in [-0.1, -0.05) is 42.5 Å². The van der Waals surface area contributed by atoms with E-state index in [-0.39, 0.29) is 25.1 Å². The van der Waals surface area contributed by atoms with Crippen LogP contribution < -0.4 is 16.8 Å². The molecule has 2 aromatic carbocycles. The zero-order valence-corrected chi connectivity index (χ0v) is 20.2. The maximum Gasteiger partial charge on any atom is 0.245 e. The molecule has 2 rings (SSSR count). The monoisotopic (exact) mass is 483 g/mol. The van der Waals surface area contributed by atoms with Gasteiger partial charge in [0.2, 0.25) is 23.6 Å². The van der Waals surface area contributed by atoms with Crippen molar-refractivity contribution in [3.63, 3.8) is 0 Å². The lowest BCUT2D eigenvalue weighted by Crippen LogP contribution is -2.56. The molecule has 4 amide bonds. The Bertz CT molecular complexity index is 1030. The van der Waals surface area contributed by atoms with Crippen molar-refractivity contribution in [2.45, 2.75) is 37.9 Å². The molecule has 3 atom stereocenters. The maximum absolute atomic E-state index is 13.0. The minimum atomic E-state index is -0.967. The average molecular weight is 484 g/mol. The molecule has 0 saturated carbocycles. The van der Waals surface area contributed by atoms with Crippen LogP contribution in [0.3, 0.4) is 0 Å². The zero-order chi connectivity index (χ0) is 26.1. The second kappa shape index (κ2) is 12.5. The van der Waals surface area contributed by atoms with Crippen LogP contribution in [0.25, 0.3) is 0 Å². The first-order valence-corrected chi connectivity index (χ1v) is 11.2. The molecular formula is C25H33N5O5. The summed E-state index contributed by atoms with van der Waals surface area (Å²) < 4.78 is 0. The smallest absolute Gasteiger partial charge is 0.245 e. The lowest BCUT2D eigenvalue weighted by atomic mass is 10.0. The highest BCUT2D eigenvalue weighted by Crippen LogP contribution is 2.12. The molecule has 0 fully saturated rings. The Hall–Kier alpha value is -3.92. The molecule has 0 aliphatic heterocycles. The molecule has 0 saturated heterocycles. The van der Waals surface area contributed by atoms with E-state index in [4.69, 9.17) is 11.5 Å². The number of hydrogen-bond acceptors (Lipinski definition) is 6. The van der Waals surface area contributed by atoms with Gasteiger partial charge in [-0.2, -0.15) is 0 Å². The van der Waals surface area contributed by atoms with Gasteiger partial charge >= 0.3 is 0 Å². The van der Waals surface area contributed by atoms with E-state index < -0.39 is 41.8 Å². The quantitative estimate of drug-likeness (QED) is 0.346. The number of primary amides is 1. The first-order valence-electron chi connectivity index (χ1n) is 11.2. The summed E-state index contributed by atoms with van der Waals surface area (Å²) in [6.45, 7) is 1.25. The molecule has 0 radical (unpaired) electrons. The van der Waals surface area contributed by atoms with E-state index in [1.54, 1.807) is 12.1 Å². The summed E-state index contributed by atoms with van der Waals surface area (Å²) in [5.74, 6) is -2.03. The molecule has 6 N–H and O–H groups in total. The normalized spacial score (nSPS) is 13.3. The van der Waals surface area contributed by atoms with Crippen molar-refractivity contribution in [1.82, 2.24) is 15.1 Å². The van der Waals surface area contributed by atoms with Crippen LogP contribution in [0.2, 0.25) is 0 Å². The molecular weight excluding hydrogens is 450 g/mol. The number of phenolic OH excluding ortho intramolecular Hbond substituents is 1. The van der Waals surface area contributed by atoms with Crippen LogP contribution >= 0.6 is 0 Å². The highest BCUT2D eigenvalue weighted by molar-refractivity contribution is 5.93. The third-order valence-electron chi connectivity index (χ3n) is 5.68. The summed E-state index contributed by atoms with van der Waals surface area (Å²) in [4.78, 5) is 52.5. The zero-order valence-electron chi connectivity index (χ0n) is 20.2. The number of likely N-dealkylation sites (N-methyl/N-ethyl adjacent to an activating group) is 2. The van der Waals surface area contributed by atoms with Crippen molar-refractivity contribution in [1.29, 1.82) is 0 Å². The Balaban J connectivity index is 2.09. The molecule has 2 aromatic rings. The van der Waals surface area contributed by atoms with E-state index in [9.17, 15) is 24.3 Å². The van der Waals surface area contributed by atoms with Gasteiger partial charge in [-0.25, -0.2) is 0 Å². The summed E-state index contributed by atoms with van der Waals surface area (Å²) in [6, 6.07) is 12.7. The van der Waals surface area contributed by atoms with E-state index in [2.05, 4.69) is 5.32 Å². The number of nitrogens with two attached hydrogens (primary N) is 2. The molecule has 0 aliphatic carbocycles. The number of amides is 4. The summed E-state index contributed by atoms with van der Waals surface area (Å²) in [5, 5.41) is 12.1. The van der Waals surface area contributed by atoms with E-state index >= 15 is 0 Å². The fourth-order valence-electron chi connectivity index (χ4n) is 3.52. The van der Waals surface area contributed by atoms with E-state index in [0.29, 0.717) is 0 Å². The summed E-state index contributed by atoms with van der Waals surface area (Å²) in [7, 11) is 2.90. The van der Waals surface area contributed by atoms with Gasteiger partial charge in [0, 0.05) is 20.5 Å². The van der Waals surface area contributed by atoms with E-state index in [1.807, 2.05) is 30.3 Å². The second-order valence-corrected chi connectivity index (χ2v) is 8.51. The van der Waals surface area contributed by atoms with Crippen LogP contribution in [-0.4, -0.2) is 77.3 Å². The Kier molecular flexibility index (Phi) is 9.77. The first kappa shape index (κ1) is 27.3. The van der Waals surface area contributed by atoms with Crippen LogP contribution in [0.5, 0.6) is 5.75 Å². The molecule has 0 aromatic heterocycles. The highest BCUT2D eigenvalue weighted by Gasteiger charge is 2.31. The number of benzene rings is 2. The number of phenols is 1. The number of nitrogens with zero attached hydrogens (tertiary/aromatic N) is 2. The Morgan fingerprint density at radius 1 is 0.914 bits per heavy atom. The molecule has 10 nitrogen and oxygen atoms in total. The minimum Gasteiger partial charge on any atom is -0.508 e. The molecule has 0 bridgehead atoms. The molecule has 0 heterocycles. The second-order valence-electron chi connectivity index (χ2n) is 8.51. The predicted octanol–water partition coefficient (Wildman–Crippen LogP) is -0.220. The summed E-state index contributed by atoms with van der Waals surface area (Å²) in [5.41, 5.74) is 12.9. The number of hydrogen-bond donors (Lipinski definition) is 4. The summed E-state index contributed by atoms with van der Waals surface area (Å²) in [6.07, 6.45) is 0.421. The summed E-state index contributed by atoms with van der Waals surface area (Å²) >= 11 is 0. The topological polar surface area (TPSA) is 159 Å². The molecule has 0 aliphatic rings. The van der Waals surface area contributed by atoms with Crippen molar-refractivity contribution in [3.8, 4) is 5.75 Å². The SMILES string of the molecule is CC(C(=O)NC(Cc1ccccc1)C(=O)N(C)CC(N)=O)N(C)C(=O)C(N)Cc1ccc(O)cc1. The minimum absolute atomic E-state index is 0.108. The molecule has 3 unspecified atom stereocenters. The lowest BCUT2D eigenvalue weighted by molar-refractivity contribution is -0.141. The van der Waals surface area contributed by atoms with E-state index in [1.165, 1.54) is 38.1 Å². The highest BCUT2D eigenvalue weighted by atomic mass is 16.3. The van der Waals surface area contributed by atoms with Gasteiger partial charge in [0.25, 0.3) is 0 Å². The number of carbonyl (C=O) groups is 4. The largest absolute Gasteiger partial charge is 0.508 e. The number of rotatable bonds is 11. The van der Waals surface area contributed by atoms with Gasteiger partial charge in [-0.15, -0.1) is 0 Å². The van der Waals surface area contributed by atoms with Gasteiger partial charge in [-0.05, 0) is 36.6 Å².